The smallest absolute Gasteiger partial charge is 0.194 e. The third-order valence-corrected chi connectivity index (χ3v) is 4.80. The molecule has 0 spiro atoms. The van der Waals surface area contributed by atoms with E-state index in [4.69, 9.17) is 4.74 Å². The fourth-order valence-corrected chi connectivity index (χ4v) is 3.49. The number of aromatic nitrogens is 3. The number of ether oxygens (including phenoxy) is 1. The molecule has 0 amide bonds. The molecule has 0 aliphatic carbocycles. The molecule has 3 heterocycles. The zero-order valence-electron chi connectivity index (χ0n) is 16.3. The van der Waals surface area contributed by atoms with Crippen LogP contribution in [0.15, 0.2) is 53.7 Å². The van der Waals surface area contributed by atoms with Gasteiger partial charge in [-0.1, -0.05) is 18.2 Å². The van der Waals surface area contributed by atoms with Gasteiger partial charge in [0.05, 0.1) is 19.2 Å². The number of hydrogen-bond acceptors (Lipinski definition) is 4. The third kappa shape index (κ3) is 4.84. The number of nitrogens with one attached hydrogen (secondary N) is 1. The Balaban J connectivity index is 0.00000240. The lowest BCUT2D eigenvalue weighted by Gasteiger charge is -2.38. The van der Waals surface area contributed by atoms with Gasteiger partial charge in [0.1, 0.15) is 11.9 Å². The predicted molar refractivity (Wildman–Crippen MR) is 120 cm³/mol. The van der Waals surface area contributed by atoms with Crippen LogP contribution in [0.5, 0.6) is 0 Å². The van der Waals surface area contributed by atoms with Crippen LogP contribution in [-0.2, 0) is 11.3 Å². The summed E-state index contributed by atoms with van der Waals surface area (Å²) >= 11 is 0. The van der Waals surface area contributed by atoms with E-state index in [9.17, 15) is 4.39 Å². The van der Waals surface area contributed by atoms with E-state index in [1.165, 1.54) is 12.1 Å². The van der Waals surface area contributed by atoms with Gasteiger partial charge in [-0.05, 0) is 36.8 Å². The standard InChI is InChI=1S/C20H23FN6O.HI/c1-14-12-26(13-17(28-14)15-6-8-16(21)9-7-15)20(22-2)23-11-19-25-24-18-5-3-4-10-27(18)19;/h3-10,14,17H,11-13H2,1-2H3,(H,22,23);1H. The molecule has 4 rings (SSSR count). The first kappa shape index (κ1) is 21.4. The van der Waals surface area contributed by atoms with Gasteiger partial charge in [-0.25, -0.2) is 4.39 Å². The maximum absolute atomic E-state index is 13.2. The topological polar surface area (TPSA) is 67.0 Å². The second kappa shape index (κ2) is 9.49. The Labute approximate surface area is 186 Å². The molecule has 0 radical (unpaired) electrons. The number of pyridine rings is 1. The van der Waals surface area contributed by atoms with E-state index in [1.807, 2.05) is 35.7 Å². The van der Waals surface area contributed by atoms with Crippen LogP contribution in [-0.4, -0.2) is 51.7 Å². The number of morpholine rings is 1. The number of halogens is 2. The van der Waals surface area contributed by atoms with Gasteiger partial charge in [-0.15, -0.1) is 34.2 Å². The second-order valence-electron chi connectivity index (χ2n) is 6.84. The van der Waals surface area contributed by atoms with Crippen molar-refractivity contribution in [2.24, 2.45) is 4.99 Å². The molecular weight excluding hydrogens is 486 g/mol. The summed E-state index contributed by atoms with van der Waals surface area (Å²) in [5.41, 5.74) is 1.77. The minimum absolute atomic E-state index is 0. The summed E-state index contributed by atoms with van der Waals surface area (Å²) in [5.74, 6) is 1.34. The van der Waals surface area contributed by atoms with Crippen molar-refractivity contribution >= 4 is 35.6 Å². The van der Waals surface area contributed by atoms with Crippen LogP contribution in [0.3, 0.4) is 0 Å². The Morgan fingerprint density at radius 1 is 1.21 bits per heavy atom. The van der Waals surface area contributed by atoms with Crippen molar-refractivity contribution in [3.05, 3.63) is 65.9 Å². The molecule has 1 aromatic carbocycles. The molecule has 9 heteroatoms. The highest BCUT2D eigenvalue weighted by Crippen LogP contribution is 2.25. The first-order valence-corrected chi connectivity index (χ1v) is 9.29. The zero-order valence-corrected chi connectivity index (χ0v) is 18.7. The van der Waals surface area contributed by atoms with Crippen LogP contribution in [0.1, 0.15) is 24.4 Å². The number of benzene rings is 1. The van der Waals surface area contributed by atoms with Crippen LogP contribution in [0, 0.1) is 5.82 Å². The summed E-state index contributed by atoms with van der Waals surface area (Å²) in [6, 6.07) is 12.3. The molecule has 1 N–H and O–H groups in total. The van der Waals surface area contributed by atoms with Crippen LogP contribution in [0.4, 0.5) is 4.39 Å². The summed E-state index contributed by atoms with van der Waals surface area (Å²) in [6.45, 7) is 3.89. The third-order valence-electron chi connectivity index (χ3n) is 4.80. The van der Waals surface area contributed by atoms with Crippen molar-refractivity contribution in [1.82, 2.24) is 24.8 Å². The van der Waals surface area contributed by atoms with Crippen molar-refractivity contribution in [3.8, 4) is 0 Å². The molecule has 1 aliphatic rings. The Morgan fingerprint density at radius 3 is 2.76 bits per heavy atom. The number of guanidine groups is 1. The number of hydrogen-bond donors (Lipinski definition) is 1. The molecule has 1 fully saturated rings. The highest BCUT2D eigenvalue weighted by Gasteiger charge is 2.28. The number of nitrogens with zero attached hydrogens (tertiary/aromatic N) is 5. The Hall–Kier alpha value is -2.27. The number of rotatable bonds is 3. The van der Waals surface area contributed by atoms with Crippen molar-refractivity contribution in [1.29, 1.82) is 0 Å². The lowest BCUT2D eigenvalue weighted by Crippen LogP contribution is -2.50. The second-order valence-corrected chi connectivity index (χ2v) is 6.84. The Morgan fingerprint density at radius 2 is 2.00 bits per heavy atom. The first-order chi connectivity index (χ1) is 13.6. The molecule has 154 valence electrons. The summed E-state index contributed by atoms with van der Waals surface area (Å²) in [7, 11) is 1.76. The normalized spacial score (nSPS) is 19.8. The van der Waals surface area contributed by atoms with E-state index in [2.05, 4.69) is 25.4 Å². The van der Waals surface area contributed by atoms with E-state index in [1.54, 1.807) is 19.2 Å². The van der Waals surface area contributed by atoms with Crippen molar-refractivity contribution < 1.29 is 9.13 Å². The Bertz CT molecular complexity index is 977. The van der Waals surface area contributed by atoms with Crippen LogP contribution in [0.2, 0.25) is 0 Å². The molecule has 1 aliphatic heterocycles. The highest BCUT2D eigenvalue weighted by atomic mass is 127. The molecule has 0 saturated carbocycles. The molecule has 2 unspecified atom stereocenters. The number of aliphatic imine (C=N–C) groups is 1. The average molecular weight is 510 g/mol. The van der Waals surface area contributed by atoms with Gasteiger partial charge in [0.25, 0.3) is 0 Å². The maximum Gasteiger partial charge on any atom is 0.194 e. The van der Waals surface area contributed by atoms with Gasteiger partial charge in [-0.2, -0.15) is 0 Å². The SMILES string of the molecule is CN=C(NCc1nnc2ccccn12)N1CC(C)OC(c2ccc(F)cc2)C1.I. The monoisotopic (exact) mass is 510 g/mol. The molecule has 7 nitrogen and oxygen atoms in total. The van der Waals surface area contributed by atoms with E-state index in [-0.39, 0.29) is 42.0 Å². The lowest BCUT2D eigenvalue weighted by atomic mass is 10.1. The van der Waals surface area contributed by atoms with E-state index < -0.39 is 0 Å². The van der Waals surface area contributed by atoms with E-state index in [0.717, 1.165) is 29.5 Å². The van der Waals surface area contributed by atoms with E-state index in [0.29, 0.717) is 13.1 Å². The molecule has 29 heavy (non-hydrogen) atoms. The summed E-state index contributed by atoms with van der Waals surface area (Å²) < 4.78 is 21.3. The first-order valence-electron chi connectivity index (χ1n) is 9.29. The molecule has 3 aromatic rings. The maximum atomic E-state index is 13.2. The molecule has 1 saturated heterocycles. The summed E-state index contributed by atoms with van der Waals surface area (Å²) in [4.78, 5) is 6.58. The summed E-state index contributed by atoms with van der Waals surface area (Å²) in [5, 5.41) is 11.8. The average Bonchev–Trinajstić information content (AvgIpc) is 3.12. The number of fused-ring (bicyclic) bond motifs is 1. The zero-order chi connectivity index (χ0) is 19.5. The van der Waals surface area contributed by atoms with Crippen molar-refractivity contribution in [3.63, 3.8) is 0 Å². The van der Waals surface area contributed by atoms with Gasteiger partial charge in [0.15, 0.2) is 17.4 Å². The largest absolute Gasteiger partial charge is 0.367 e. The van der Waals surface area contributed by atoms with Gasteiger partial charge in [-0.3, -0.25) is 9.39 Å². The van der Waals surface area contributed by atoms with Crippen molar-refractivity contribution in [2.75, 3.05) is 20.1 Å². The molecule has 0 bridgehead atoms. The fraction of sp³-hybridized carbons (Fsp3) is 0.350. The summed E-state index contributed by atoms with van der Waals surface area (Å²) in [6.07, 6.45) is 1.82. The van der Waals surface area contributed by atoms with Crippen LogP contribution < -0.4 is 5.32 Å². The quantitative estimate of drug-likeness (QED) is 0.334. The molecule has 2 atom stereocenters. The highest BCUT2D eigenvalue weighted by molar-refractivity contribution is 14.0. The van der Waals surface area contributed by atoms with E-state index >= 15 is 0 Å². The van der Waals surface area contributed by atoms with Gasteiger partial charge >= 0.3 is 0 Å². The molecule has 2 aromatic heterocycles. The van der Waals surface area contributed by atoms with Crippen molar-refractivity contribution in [2.45, 2.75) is 25.7 Å². The van der Waals surface area contributed by atoms with Crippen LogP contribution >= 0.6 is 24.0 Å². The van der Waals surface area contributed by atoms with Gasteiger partial charge < -0.3 is 15.0 Å². The fourth-order valence-electron chi connectivity index (χ4n) is 3.49. The Kier molecular flexibility index (Phi) is 7.01. The minimum atomic E-state index is -0.248. The molecular formula is C20H24FIN6O. The van der Waals surface area contributed by atoms with Gasteiger partial charge in [0, 0.05) is 19.8 Å². The minimum Gasteiger partial charge on any atom is -0.367 e. The predicted octanol–water partition coefficient (Wildman–Crippen LogP) is 3.02. The lowest BCUT2D eigenvalue weighted by molar-refractivity contribution is -0.0605. The van der Waals surface area contributed by atoms with Gasteiger partial charge in [0.2, 0.25) is 0 Å². The van der Waals surface area contributed by atoms with Crippen LogP contribution in [0.25, 0.3) is 5.65 Å².